The summed E-state index contributed by atoms with van der Waals surface area (Å²) in [6.45, 7) is 1.17. The standard InChI is InChI=1S/C28H27N5O3/c1-36-23-14-12-20(13-15-23)18-29-27-31-25-16-17-32(28(35)30-21-8-4-2-5-9-21)19-24(25)26(34)33(27)22-10-6-3-7-11-22/h2-15H,16-19H2,1H3,(H,29,31)(H,30,35). The van der Waals surface area contributed by atoms with E-state index in [0.29, 0.717) is 48.1 Å². The van der Waals surface area contributed by atoms with E-state index in [1.807, 2.05) is 84.9 Å². The first-order chi connectivity index (χ1) is 17.6. The van der Waals surface area contributed by atoms with Crippen molar-refractivity contribution in [1.82, 2.24) is 14.5 Å². The van der Waals surface area contributed by atoms with Crippen LogP contribution in [0, 0.1) is 0 Å². The number of urea groups is 1. The summed E-state index contributed by atoms with van der Waals surface area (Å²) >= 11 is 0. The van der Waals surface area contributed by atoms with E-state index in [4.69, 9.17) is 9.72 Å². The molecule has 2 amide bonds. The largest absolute Gasteiger partial charge is 0.497 e. The molecule has 0 atom stereocenters. The van der Waals surface area contributed by atoms with Crippen LogP contribution in [0.2, 0.25) is 0 Å². The average molecular weight is 482 g/mol. The quantitative estimate of drug-likeness (QED) is 0.425. The van der Waals surface area contributed by atoms with Gasteiger partial charge in [-0.15, -0.1) is 0 Å². The van der Waals surface area contributed by atoms with Gasteiger partial charge < -0.3 is 20.3 Å². The smallest absolute Gasteiger partial charge is 0.322 e. The molecule has 1 aliphatic heterocycles. The molecule has 36 heavy (non-hydrogen) atoms. The number of carbonyl (C=O) groups is 1. The number of methoxy groups -OCH3 is 1. The molecule has 0 spiro atoms. The van der Waals surface area contributed by atoms with Gasteiger partial charge in [0, 0.05) is 25.2 Å². The Balaban J connectivity index is 1.44. The molecule has 0 fully saturated rings. The molecule has 8 nitrogen and oxygen atoms in total. The lowest BCUT2D eigenvalue weighted by Gasteiger charge is -2.29. The van der Waals surface area contributed by atoms with Gasteiger partial charge in [0.05, 0.1) is 30.6 Å². The fourth-order valence-electron chi connectivity index (χ4n) is 4.23. The molecule has 2 N–H and O–H groups in total. The first-order valence-corrected chi connectivity index (χ1v) is 11.8. The van der Waals surface area contributed by atoms with Crippen LogP contribution in [0.25, 0.3) is 5.69 Å². The highest BCUT2D eigenvalue weighted by Crippen LogP contribution is 2.21. The zero-order valence-corrected chi connectivity index (χ0v) is 20.0. The van der Waals surface area contributed by atoms with Crippen molar-refractivity contribution in [3.8, 4) is 11.4 Å². The number of ether oxygens (including phenoxy) is 1. The van der Waals surface area contributed by atoms with Crippen LogP contribution < -0.4 is 20.9 Å². The predicted octanol–water partition coefficient (Wildman–Crippen LogP) is 4.44. The Labute approximate surface area is 209 Å². The number of rotatable bonds is 6. The van der Waals surface area contributed by atoms with E-state index in [0.717, 1.165) is 11.3 Å². The van der Waals surface area contributed by atoms with Crippen molar-refractivity contribution >= 4 is 17.7 Å². The van der Waals surface area contributed by atoms with Crippen LogP contribution in [0.15, 0.2) is 89.7 Å². The van der Waals surface area contributed by atoms with E-state index in [2.05, 4.69) is 10.6 Å². The third-order valence-electron chi connectivity index (χ3n) is 6.17. The third kappa shape index (κ3) is 4.93. The number of nitrogens with one attached hydrogen (secondary N) is 2. The first-order valence-electron chi connectivity index (χ1n) is 11.8. The van der Waals surface area contributed by atoms with Gasteiger partial charge in [-0.1, -0.05) is 48.5 Å². The summed E-state index contributed by atoms with van der Waals surface area (Å²) in [5.41, 5.74) is 3.52. The summed E-state index contributed by atoms with van der Waals surface area (Å²) in [7, 11) is 1.63. The van der Waals surface area contributed by atoms with E-state index in [1.165, 1.54) is 0 Å². The number of hydrogen-bond acceptors (Lipinski definition) is 5. The van der Waals surface area contributed by atoms with Crippen molar-refractivity contribution < 1.29 is 9.53 Å². The number of nitrogens with zero attached hydrogens (tertiary/aromatic N) is 3. The number of carbonyl (C=O) groups excluding carboxylic acids is 1. The fourth-order valence-corrected chi connectivity index (χ4v) is 4.23. The summed E-state index contributed by atoms with van der Waals surface area (Å²) in [5, 5.41) is 6.24. The molecule has 0 radical (unpaired) electrons. The van der Waals surface area contributed by atoms with Gasteiger partial charge in [-0.05, 0) is 42.0 Å². The highest BCUT2D eigenvalue weighted by Gasteiger charge is 2.27. The molecular weight excluding hydrogens is 454 g/mol. The Hall–Kier alpha value is -4.59. The average Bonchev–Trinajstić information content (AvgIpc) is 2.93. The molecule has 1 aliphatic rings. The minimum Gasteiger partial charge on any atom is -0.497 e. The molecule has 5 rings (SSSR count). The summed E-state index contributed by atoms with van der Waals surface area (Å²) in [4.78, 5) is 33.1. The molecule has 1 aromatic heterocycles. The minimum absolute atomic E-state index is 0.180. The molecule has 8 heteroatoms. The van der Waals surface area contributed by atoms with Crippen molar-refractivity contribution in [2.45, 2.75) is 19.5 Å². The molecule has 0 saturated carbocycles. The first kappa shape index (κ1) is 23.2. The van der Waals surface area contributed by atoms with Crippen molar-refractivity contribution in [3.05, 3.63) is 112 Å². The minimum atomic E-state index is -0.237. The lowest BCUT2D eigenvalue weighted by molar-refractivity contribution is 0.205. The van der Waals surface area contributed by atoms with Crippen LogP contribution in [0.1, 0.15) is 16.8 Å². The zero-order chi connectivity index (χ0) is 24.9. The predicted molar refractivity (Wildman–Crippen MR) is 140 cm³/mol. The van der Waals surface area contributed by atoms with E-state index in [-0.39, 0.29) is 18.1 Å². The van der Waals surface area contributed by atoms with Crippen LogP contribution >= 0.6 is 0 Å². The van der Waals surface area contributed by atoms with Gasteiger partial charge in [0.25, 0.3) is 5.56 Å². The number of fused-ring (bicyclic) bond motifs is 1. The highest BCUT2D eigenvalue weighted by molar-refractivity contribution is 5.89. The van der Waals surface area contributed by atoms with Crippen LogP contribution in [0.5, 0.6) is 5.75 Å². The molecule has 182 valence electrons. The third-order valence-corrected chi connectivity index (χ3v) is 6.17. The lowest BCUT2D eigenvalue weighted by Crippen LogP contribution is -2.43. The molecular formula is C28H27N5O3. The van der Waals surface area contributed by atoms with E-state index < -0.39 is 0 Å². The van der Waals surface area contributed by atoms with Gasteiger partial charge in [-0.25, -0.2) is 14.3 Å². The maximum absolute atomic E-state index is 13.8. The normalized spacial score (nSPS) is 12.5. The number of para-hydroxylation sites is 2. The fraction of sp³-hybridized carbons (Fsp3) is 0.179. The number of anilines is 2. The Morgan fingerprint density at radius 3 is 2.36 bits per heavy atom. The Bertz CT molecular complexity index is 1400. The summed E-state index contributed by atoms with van der Waals surface area (Å²) in [6, 6.07) is 26.2. The number of aromatic nitrogens is 2. The second-order valence-corrected chi connectivity index (χ2v) is 8.51. The molecule has 2 heterocycles. The summed E-state index contributed by atoms with van der Waals surface area (Å²) in [5.74, 6) is 1.26. The Morgan fingerprint density at radius 2 is 1.67 bits per heavy atom. The van der Waals surface area contributed by atoms with Gasteiger partial charge in [-0.2, -0.15) is 0 Å². The van der Waals surface area contributed by atoms with Gasteiger partial charge in [0.2, 0.25) is 5.95 Å². The van der Waals surface area contributed by atoms with E-state index in [9.17, 15) is 9.59 Å². The van der Waals surface area contributed by atoms with Gasteiger partial charge >= 0.3 is 6.03 Å². The lowest BCUT2D eigenvalue weighted by atomic mass is 10.1. The molecule has 3 aromatic carbocycles. The van der Waals surface area contributed by atoms with Crippen LogP contribution in [-0.4, -0.2) is 34.1 Å². The van der Waals surface area contributed by atoms with Crippen molar-refractivity contribution in [3.63, 3.8) is 0 Å². The maximum atomic E-state index is 13.8. The highest BCUT2D eigenvalue weighted by atomic mass is 16.5. The van der Waals surface area contributed by atoms with Crippen LogP contribution in [0.3, 0.4) is 0 Å². The zero-order valence-electron chi connectivity index (χ0n) is 20.0. The SMILES string of the molecule is COc1ccc(CNc2nc3c(c(=O)n2-c2ccccc2)CN(C(=O)Nc2ccccc2)CC3)cc1. The maximum Gasteiger partial charge on any atom is 0.322 e. The van der Waals surface area contributed by atoms with Gasteiger partial charge in [0.1, 0.15) is 5.75 Å². The molecule has 0 aliphatic carbocycles. The summed E-state index contributed by atoms with van der Waals surface area (Å²) in [6.07, 6.45) is 0.500. The molecule has 4 aromatic rings. The van der Waals surface area contributed by atoms with Gasteiger partial charge in [0.15, 0.2) is 0 Å². The molecule has 0 saturated heterocycles. The van der Waals surface area contributed by atoms with Crippen molar-refractivity contribution in [2.75, 3.05) is 24.3 Å². The second kappa shape index (κ2) is 10.4. The van der Waals surface area contributed by atoms with Crippen LogP contribution in [-0.2, 0) is 19.5 Å². The number of amides is 2. The summed E-state index contributed by atoms with van der Waals surface area (Å²) < 4.78 is 6.82. The topological polar surface area (TPSA) is 88.5 Å². The second-order valence-electron chi connectivity index (χ2n) is 8.51. The van der Waals surface area contributed by atoms with Crippen molar-refractivity contribution in [1.29, 1.82) is 0 Å². The van der Waals surface area contributed by atoms with E-state index in [1.54, 1.807) is 16.6 Å². The number of benzene rings is 3. The Morgan fingerprint density at radius 1 is 0.972 bits per heavy atom. The monoisotopic (exact) mass is 481 g/mol. The number of hydrogen-bond donors (Lipinski definition) is 2. The van der Waals surface area contributed by atoms with E-state index >= 15 is 0 Å². The molecule has 0 unspecified atom stereocenters. The van der Waals surface area contributed by atoms with Gasteiger partial charge in [-0.3, -0.25) is 4.79 Å². The Kier molecular flexibility index (Phi) is 6.66. The molecule has 0 bridgehead atoms. The van der Waals surface area contributed by atoms with Crippen molar-refractivity contribution in [2.24, 2.45) is 0 Å². The van der Waals surface area contributed by atoms with Crippen LogP contribution in [0.4, 0.5) is 16.4 Å².